The molecule has 0 radical (unpaired) electrons. The molecule has 0 spiro atoms. The maximum atomic E-state index is 11.7. The first-order valence-electron chi connectivity index (χ1n) is 6.73. The molecule has 22 heavy (non-hydrogen) atoms. The molecule has 1 aromatic heterocycles. The van der Waals surface area contributed by atoms with Crippen molar-refractivity contribution in [1.82, 2.24) is 10.3 Å². The van der Waals surface area contributed by atoms with E-state index in [4.69, 9.17) is 4.74 Å². The lowest BCUT2D eigenvalue weighted by molar-refractivity contribution is -0.142. The number of aromatic nitrogens is 1. The summed E-state index contributed by atoms with van der Waals surface area (Å²) >= 11 is 2.74. The second kappa shape index (κ2) is 10.2. The van der Waals surface area contributed by atoms with Crippen molar-refractivity contribution in [3.8, 4) is 0 Å². The molecule has 1 aromatic rings. The Morgan fingerprint density at radius 3 is 2.86 bits per heavy atom. The van der Waals surface area contributed by atoms with E-state index in [1.54, 1.807) is 12.3 Å². The summed E-state index contributed by atoms with van der Waals surface area (Å²) in [7, 11) is 0. The number of thiazole rings is 1. The van der Waals surface area contributed by atoms with Crippen LogP contribution in [0.4, 0.5) is 5.13 Å². The molecule has 0 aliphatic heterocycles. The van der Waals surface area contributed by atoms with Gasteiger partial charge in [0.15, 0.2) is 5.13 Å². The van der Waals surface area contributed by atoms with Gasteiger partial charge in [0, 0.05) is 24.5 Å². The molecule has 1 rings (SSSR count). The lowest BCUT2D eigenvalue weighted by Crippen LogP contribution is -2.19. The summed E-state index contributed by atoms with van der Waals surface area (Å²) in [6.07, 6.45) is 0.434. The van der Waals surface area contributed by atoms with E-state index >= 15 is 0 Å². The summed E-state index contributed by atoms with van der Waals surface area (Å²) in [4.78, 5) is 37.8. The molecule has 9 heteroatoms. The number of carbonyl (C=O) groups is 3. The van der Waals surface area contributed by atoms with E-state index in [9.17, 15) is 14.4 Å². The van der Waals surface area contributed by atoms with Crippen LogP contribution >= 0.6 is 23.1 Å². The van der Waals surface area contributed by atoms with Gasteiger partial charge in [0.05, 0.1) is 24.6 Å². The summed E-state index contributed by atoms with van der Waals surface area (Å²) in [5, 5.41) is 7.51. The third kappa shape index (κ3) is 7.99. The van der Waals surface area contributed by atoms with Crippen LogP contribution in [-0.2, 0) is 25.5 Å². The SMILES string of the molecule is CCOC(=O)Cc1csc(NC(=O)CCSCNC(C)=O)n1. The summed E-state index contributed by atoms with van der Waals surface area (Å²) in [5.74, 6) is 0.526. The third-order valence-electron chi connectivity index (χ3n) is 2.33. The third-order valence-corrected chi connectivity index (χ3v) is 3.97. The number of anilines is 1. The van der Waals surface area contributed by atoms with Crippen LogP contribution in [0.25, 0.3) is 0 Å². The molecule has 0 bridgehead atoms. The van der Waals surface area contributed by atoms with Gasteiger partial charge in [0.2, 0.25) is 11.8 Å². The summed E-state index contributed by atoms with van der Waals surface area (Å²) in [5.41, 5.74) is 0.582. The van der Waals surface area contributed by atoms with Crippen LogP contribution in [0.2, 0.25) is 0 Å². The van der Waals surface area contributed by atoms with Crippen molar-refractivity contribution in [3.63, 3.8) is 0 Å². The zero-order chi connectivity index (χ0) is 16.4. The molecule has 0 saturated heterocycles. The smallest absolute Gasteiger partial charge is 0.311 e. The Morgan fingerprint density at radius 2 is 2.18 bits per heavy atom. The number of rotatable bonds is 9. The number of nitrogens with one attached hydrogen (secondary N) is 2. The largest absolute Gasteiger partial charge is 0.466 e. The van der Waals surface area contributed by atoms with Gasteiger partial charge in [-0.25, -0.2) is 4.98 Å². The van der Waals surface area contributed by atoms with Crippen molar-refractivity contribution < 1.29 is 19.1 Å². The van der Waals surface area contributed by atoms with Crippen molar-refractivity contribution in [3.05, 3.63) is 11.1 Å². The molecule has 0 unspecified atom stereocenters. The number of nitrogens with zero attached hydrogens (tertiary/aromatic N) is 1. The lowest BCUT2D eigenvalue weighted by Gasteiger charge is -2.03. The number of hydrogen-bond acceptors (Lipinski definition) is 7. The molecule has 0 fully saturated rings. The van der Waals surface area contributed by atoms with Gasteiger partial charge in [-0.3, -0.25) is 14.4 Å². The van der Waals surface area contributed by atoms with Gasteiger partial charge in [-0.05, 0) is 6.92 Å². The van der Waals surface area contributed by atoms with Crippen molar-refractivity contribution in [2.24, 2.45) is 0 Å². The minimum atomic E-state index is -0.333. The van der Waals surface area contributed by atoms with E-state index < -0.39 is 0 Å². The van der Waals surface area contributed by atoms with Crippen molar-refractivity contribution in [1.29, 1.82) is 0 Å². The minimum Gasteiger partial charge on any atom is -0.466 e. The summed E-state index contributed by atoms with van der Waals surface area (Å²) in [6.45, 7) is 3.53. The van der Waals surface area contributed by atoms with Gasteiger partial charge < -0.3 is 15.4 Å². The molecule has 0 aromatic carbocycles. The number of hydrogen-bond donors (Lipinski definition) is 2. The van der Waals surface area contributed by atoms with E-state index in [0.717, 1.165) is 0 Å². The molecule has 0 atom stereocenters. The average Bonchev–Trinajstić information content (AvgIpc) is 2.85. The van der Waals surface area contributed by atoms with Gasteiger partial charge >= 0.3 is 5.97 Å². The maximum absolute atomic E-state index is 11.7. The fraction of sp³-hybridized carbons (Fsp3) is 0.538. The Labute approximate surface area is 137 Å². The predicted octanol–water partition coefficient (Wildman–Crippen LogP) is 1.40. The Balaban J connectivity index is 2.25. The Bertz CT molecular complexity index is 519. The number of carbonyl (C=O) groups excluding carboxylic acids is 3. The van der Waals surface area contributed by atoms with E-state index in [2.05, 4.69) is 15.6 Å². The highest BCUT2D eigenvalue weighted by Crippen LogP contribution is 2.16. The van der Waals surface area contributed by atoms with Crippen LogP contribution in [0.3, 0.4) is 0 Å². The van der Waals surface area contributed by atoms with Gasteiger partial charge in [0.1, 0.15) is 0 Å². The van der Waals surface area contributed by atoms with Crippen LogP contribution in [0.5, 0.6) is 0 Å². The monoisotopic (exact) mass is 345 g/mol. The highest BCUT2D eigenvalue weighted by atomic mass is 32.2. The first-order chi connectivity index (χ1) is 10.5. The normalized spacial score (nSPS) is 10.1. The lowest BCUT2D eigenvalue weighted by atomic mass is 10.3. The molecule has 0 aliphatic rings. The van der Waals surface area contributed by atoms with E-state index in [-0.39, 0.29) is 24.2 Å². The Kier molecular flexibility index (Phi) is 8.53. The van der Waals surface area contributed by atoms with Crippen LogP contribution < -0.4 is 10.6 Å². The van der Waals surface area contributed by atoms with E-state index in [1.807, 2.05) is 0 Å². The first kappa shape index (κ1) is 18.4. The van der Waals surface area contributed by atoms with Gasteiger partial charge in [0.25, 0.3) is 0 Å². The quantitative estimate of drug-likeness (QED) is 0.399. The topological polar surface area (TPSA) is 97.4 Å². The molecular formula is C13H19N3O4S2. The average molecular weight is 345 g/mol. The maximum Gasteiger partial charge on any atom is 0.311 e. The van der Waals surface area contributed by atoms with Gasteiger partial charge in [-0.1, -0.05) is 0 Å². The fourth-order valence-corrected chi connectivity index (χ4v) is 2.88. The predicted molar refractivity (Wildman–Crippen MR) is 86.8 cm³/mol. The molecule has 0 saturated carbocycles. The molecule has 1 heterocycles. The highest BCUT2D eigenvalue weighted by Gasteiger charge is 2.10. The van der Waals surface area contributed by atoms with Crippen molar-refractivity contribution >= 4 is 46.0 Å². The molecule has 2 N–H and O–H groups in total. The molecule has 122 valence electrons. The Morgan fingerprint density at radius 1 is 1.41 bits per heavy atom. The van der Waals surface area contributed by atoms with Gasteiger partial charge in [-0.15, -0.1) is 23.1 Å². The summed E-state index contributed by atoms with van der Waals surface area (Å²) in [6, 6.07) is 0. The zero-order valence-corrected chi connectivity index (χ0v) is 14.1. The van der Waals surface area contributed by atoms with E-state index in [1.165, 1.54) is 30.0 Å². The minimum absolute atomic E-state index is 0.0890. The van der Waals surface area contributed by atoms with Crippen molar-refractivity contribution in [2.45, 2.75) is 26.7 Å². The fourth-order valence-electron chi connectivity index (χ4n) is 1.38. The zero-order valence-electron chi connectivity index (χ0n) is 12.5. The van der Waals surface area contributed by atoms with Gasteiger partial charge in [-0.2, -0.15) is 0 Å². The van der Waals surface area contributed by atoms with Crippen LogP contribution in [-0.4, -0.2) is 41.0 Å². The molecule has 7 nitrogen and oxygen atoms in total. The number of esters is 1. The summed E-state index contributed by atoms with van der Waals surface area (Å²) < 4.78 is 4.83. The van der Waals surface area contributed by atoms with E-state index in [0.29, 0.717) is 35.5 Å². The standard InChI is InChI=1S/C13H19N3O4S2/c1-3-20-12(19)6-10-7-22-13(15-10)16-11(18)4-5-21-8-14-9(2)17/h7H,3-6,8H2,1-2H3,(H,14,17)(H,15,16,18). The van der Waals surface area contributed by atoms with Crippen molar-refractivity contribution in [2.75, 3.05) is 23.6 Å². The number of ether oxygens (including phenoxy) is 1. The molecule has 2 amide bonds. The number of thioether (sulfide) groups is 1. The van der Waals surface area contributed by atoms with Crippen LogP contribution in [0.1, 0.15) is 26.0 Å². The van der Waals surface area contributed by atoms with Crippen LogP contribution in [0, 0.1) is 0 Å². The second-order valence-electron chi connectivity index (χ2n) is 4.21. The highest BCUT2D eigenvalue weighted by molar-refractivity contribution is 7.99. The van der Waals surface area contributed by atoms with Crippen LogP contribution in [0.15, 0.2) is 5.38 Å². The molecule has 0 aliphatic carbocycles. The molecular weight excluding hydrogens is 326 g/mol. The number of amides is 2. The first-order valence-corrected chi connectivity index (χ1v) is 8.76. The Hall–Kier alpha value is -1.61. The second-order valence-corrected chi connectivity index (χ2v) is 6.17.